The lowest BCUT2D eigenvalue weighted by atomic mass is 10.3. The Labute approximate surface area is 76.0 Å². The Hall–Kier alpha value is -1.77. The molecule has 1 radical (unpaired) electrons. The van der Waals surface area contributed by atoms with E-state index in [4.69, 9.17) is 9.15 Å². The van der Waals surface area contributed by atoms with Gasteiger partial charge < -0.3 is 9.15 Å². The minimum absolute atomic E-state index is 0.358. The first kappa shape index (κ1) is 7.86. The number of hydrogen-bond donors (Lipinski definition) is 0. The molecular formula is C10H8NO2. The molecule has 0 N–H and O–H groups in total. The smallest absolute Gasteiger partial charge is 0.232 e. The molecule has 1 aromatic heterocycles. The molecule has 0 unspecified atom stereocenters. The van der Waals surface area contributed by atoms with E-state index in [1.165, 1.54) is 6.26 Å². The van der Waals surface area contributed by atoms with Gasteiger partial charge in [-0.15, -0.1) is 0 Å². The summed E-state index contributed by atoms with van der Waals surface area (Å²) >= 11 is 0. The minimum atomic E-state index is 0.358. The molecule has 1 aromatic carbocycles. The van der Waals surface area contributed by atoms with Crippen molar-refractivity contribution in [2.24, 2.45) is 0 Å². The molecule has 0 bridgehead atoms. The summed E-state index contributed by atoms with van der Waals surface area (Å²) in [5, 5.41) is 0. The van der Waals surface area contributed by atoms with Crippen LogP contribution in [0.2, 0.25) is 0 Å². The zero-order valence-corrected chi connectivity index (χ0v) is 6.93. The lowest BCUT2D eigenvalue weighted by Crippen LogP contribution is -1.94. The lowest BCUT2D eigenvalue weighted by molar-refractivity contribution is 0.263. The highest BCUT2D eigenvalue weighted by Crippen LogP contribution is 2.09. The van der Waals surface area contributed by atoms with E-state index >= 15 is 0 Å². The highest BCUT2D eigenvalue weighted by atomic mass is 16.5. The van der Waals surface area contributed by atoms with Gasteiger partial charge in [0.15, 0.2) is 6.61 Å². The van der Waals surface area contributed by atoms with Crippen LogP contribution in [-0.2, 0) is 6.61 Å². The van der Waals surface area contributed by atoms with Gasteiger partial charge in [-0.2, -0.15) is 0 Å². The number of hydrogen-bond acceptors (Lipinski definition) is 3. The maximum Gasteiger partial charge on any atom is 0.232 e. The van der Waals surface area contributed by atoms with Crippen LogP contribution in [0.4, 0.5) is 0 Å². The first-order valence-corrected chi connectivity index (χ1v) is 3.92. The van der Waals surface area contributed by atoms with Crippen molar-refractivity contribution in [2.75, 3.05) is 0 Å². The zero-order chi connectivity index (χ0) is 8.93. The summed E-state index contributed by atoms with van der Waals surface area (Å²) in [6.07, 6.45) is 3.12. The fourth-order valence-electron chi connectivity index (χ4n) is 0.937. The Morgan fingerprint density at radius 2 is 2.23 bits per heavy atom. The van der Waals surface area contributed by atoms with Crippen molar-refractivity contribution >= 4 is 0 Å². The molecule has 3 nitrogen and oxygen atoms in total. The summed E-state index contributed by atoms with van der Waals surface area (Å²) in [5.41, 5.74) is 0. The standard InChI is InChI=1S/C10H8NO2/c1-2-4-9(5-3-1)13-8-10-11-6-7-12-10/h2-7H,8H2. The third-order valence-electron chi connectivity index (χ3n) is 1.53. The zero-order valence-electron chi connectivity index (χ0n) is 6.93. The number of aromatic nitrogens is 1. The van der Waals surface area contributed by atoms with Crippen molar-refractivity contribution in [1.29, 1.82) is 0 Å². The van der Waals surface area contributed by atoms with Gasteiger partial charge in [-0.1, -0.05) is 12.1 Å². The van der Waals surface area contributed by atoms with Crippen molar-refractivity contribution in [3.05, 3.63) is 48.7 Å². The maximum absolute atomic E-state index is 5.37. The maximum atomic E-state index is 5.37. The second-order valence-electron chi connectivity index (χ2n) is 2.45. The van der Waals surface area contributed by atoms with Gasteiger partial charge in [-0.25, -0.2) is 4.98 Å². The molecule has 13 heavy (non-hydrogen) atoms. The summed E-state index contributed by atoms with van der Waals surface area (Å²) in [6.45, 7) is 0.358. The molecule has 0 atom stereocenters. The average Bonchev–Trinajstić information content (AvgIpc) is 2.69. The van der Waals surface area contributed by atoms with Gasteiger partial charge in [0.1, 0.15) is 12.0 Å². The van der Waals surface area contributed by atoms with Crippen LogP contribution in [0.3, 0.4) is 0 Å². The predicted octanol–water partition coefficient (Wildman–Crippen LogP) is 2.05. The predicted molar refractivity (Wildman–Crippen MR) is 46.1 cm³/mol. The SMILES string of the molecule is [c]1ccc(OCc2ncco2)cc1. The van der Waals surface area contributed by atoms with Gasteiger partial charge >= 0.3 is 0 Å². The number of ether oxygens (including phenoxy) is 1. The third kappa shape index (κ3) is 2.08. The highest BCUT2D eigenvalue weighted by Gasteiger charge is 1.97. The Morgan fingerprint density at radius 1 is 1.38 bits per heavy atom. The van der Waals surface area contributed by atoms with E-state index in [9.17, 15) is 0 Å². The second kappa shape index (κ2) is 3.76. The van der Waals surface area contributed by atoms with Crippen molar-refractivity contribution in [2.45, 2.75) is 6.61 Å². The Bertz CT molecular complexity index is 342. The number of nitrogens with zero attached hydrogens (tertiary/aromatic N) is 1. The van der Waals surface area contributed by atoms with Crippen LogP contribution in [0.5, 0.6) is 5.75 Å². The summed E-state index contributed by atoms with van der Waals surface area (Å²) in [5.74, 6) is 1.37. The van der Waals surface area contributed by atoms with Gasteiger partial charge in [0, 0.05) is 0 Å². The summed E-state index contributed by atoms with van der Waals surface area (Å²) in [6, 6.07) is 10.2. The molecular weight excluding hydrogens is 166 g/mol. The molecule has 0 aliphatic rings. The molecule has 0 spiro atoms. The average molecular weight is 174 g/mol. The quantitative estimate of drug-likeness (QED) is 0.714. The molecule has 0 fully saturated rings. The van der Waals surface area contributed by atoms with E-state index in [0.717, 1.165) is 5.75 Å². The van der Waals surface area contributed by atoms with Crippen molar-refractivity contribution in [3.63, 3.8) is 0 Å². The molecule has 2 aromatic rings. The summed E-state index contributed by atoms with van der Waals surface area (Å²) in [7, 11) is 0. The summed E-state index contributed by atoms with van der Waals surface area (Å²) in [4.78, 5) is 3.93. The Balaban J connectivity index is 1.94. The van der Waals surface area contributed by atoms with Gasteiger partial charge in [0.05, 0.1) is 6.20 Å². The highest BCUT2D eigenvalue weighted by molar-refractivity contribution is 5.20. The monoisotopic (exact) mass is 174 g/mol. The first-order valence-electron chi connectivity index (χ1n) is 3.92. The Morgan fingerprint density at radius 3 is 2.92 bits per heavy atom. The van der Waals surface area contributed by atoms with Crippen LogP contribution in [0.15, 0.2) is 41.1 Å². The number of benzene rings is 1. The Kier molecular flexibility index (Phi) is 2.27. The van der Waals surface area contributed by atoms with Gasteiger partial charge in [0.2, 0.25) is 5.89 Å². The van der Waals surface area contributed by atoms with E-state index in [-0.39, 0.29) is 0 Å². The van der Waals surface area contributed by atoms with E-state index in [1.807, 2.05) is 12.1 Å². The van der Waals surface area contributed by atoms with E-state index < -0.39 is 0 Å². The molecule has 1 heterocycles. The normalized spacial score (nSPS) is 9.85. The first-order chi connectivity index (χ1) is 6.45. The molecule has 2 rings (SSSR count). The molecule has 0 saturated heterocycles. The molecule has 0 aliphatic heterocycles. The van der Waals surface area contributed by atoms with Crippen molar-refractivity contribution in [1.82, 2.24) is 4.98 Å². The van der Waals surface area contributed by atoms with Crippen molar-refractivity contribution < 1.29 is 9.15 Å². The second-order valence-corrected chi connectivity index (χ2v) is 2.45. The number of rotatable bonds is 3. The van der Waals surface area contributed by atoms with Crippen LogP contribution in [0.1, 0.15) is 5.89 Å². The molecule has 0 saturated carbocycles. The van der Waals surface area contributed by atoms with E-state index in [0.29, 0.717) is 12.5 Å². The molecule has 0 amide bonds. The van der Waals surface area contributed by atoms with Crippen molar-refractivity contribution in [3.8, 4) is 5.75 Å². The van der Waals surface area contributed by atoms with Crippen LogP contribution in [0, 0.1) is 6.07 Å². The minimum Gasteiger partial charge on any atom is -0.484 e. The van der Waals surface area contributed by atoms with Gasteiger partial charge in [0.25, 0.3) is 0 Å². The van der Waals surface area contributed by atoms with Gasteiger partial charge in [-0.05, 0) is 18.2 Å². The third-order valence-corrected chi connectivity index (χ3v) is 1.53. The summed E-state index contributed by atoms with van der Waals surface area (Å²) < 4.78 is 10.4. The lowest BCUT2D eigenvalue weighted by Gasteiger charge is -2.01. The fourth-order valence-corrected chi connectivity index (χ4v) is 0.937. The van der Waals surface area contributed by atoms with E-state index in [1.54, 1.807) is 18.3 Å². The van der Waals surface area contributed by atoms with Crippen LogP contribution in [-0.4, -0.2) is 4.98 Å². The largest absolute Gasteiger partial charge is 0.484 e. The number of oxazole rings is 1. The van der Waals surface area contributed by atoms with Crippen LogP contribution >= 0.6 is 0 Å². The molecule has 65 valence electrons. The van der Waals surface area contributed by atoms with Crippen LogP contribution < -0.4 is 4.74 Å². The molecule has 0 aliphatic carbocycles. The topological polar surface area (TPSA) is 35.3 Å². The van der Waals surface area contributed by atoms with E-state index in [2.05, 4.69) is 11.1 Å². The van der Waals surface area contributed by atoms with Gasteiger partial charge in [-0.3, -0.25) is 0 Å². The van der Waals surface area contributed by atoms with Crippen LogP contribution in [0.25, 0.3) is 0 Å². The fraction of sp³-hybridized carbons (Fsp3) is 0.100. The molecule has 3 heteroatoms.